The number of fused-ring (bicyclic) bond motifs is 7. The number of benzene rings is 9. The second kappa shape index (κ2) is 14.5. The van der Waals surface area contributed by atoms with Gasteiger partial charge in [0.1, 0.15) is 0 Å². The average molecular weight is 802 g/mol. The molecule has 2 aromatic heterocycles. The Bertz CT molecular complexity index is 3190. The van der Waals surface area contributed by atoms with Crippen molar-refractivity contribution in [2.24, 2.45) is 0 Å². The molecule has 0 N–H and O–H groups in total. The lowest BCUT2D eigenvalue weighted by atomic mass is 9.95. The predicted molar refractivity (Wildman–Crippen MR) is 262 cm³/mol. The molecule has 0 aliphatic heterocycles. The Morgan fingerprint density at radius 1 is 0.383 bits per heavy atom. The Hall–Kier alpha value is -6.78. The largest absolute Gasteiger partial charge is 0.307 e. The first-order chi connectivity index (χ1) is 29.5. The lowest BCUT2D eigenvalue weighted by Gasteiger charge is -2.36. The highest BCUT2D eigenvalue weighted by Gasteiger charge is 2.42. The molecule has 9 aromatic carbocycles. The number of aromatic nitrogens is 1. The van der Waals surface area contributed by atoms with Crippen LogP contribution in [-0.4, -0.2) is 12.6 Å². The van der Waals surface area contributed by atoms with Crippen LogP contribution >= 0.6 is 11.3 Å². The molecule has 286 valence electrons. The van der Waals surface area contributed by atoms with Gasteiger partial charge in [0, 0.05) is 42.1 Å². The van der Waals surface area contributed by atoms with E-state index in [4.69, 9.17) is 0 Å². The average Bonchev–Trinajstić information content (AvgIpc) is 3.84. The van der Waals surface area contributed by atoms with Crippen LogP contribution in [0, 0.1) is 20.8 Å². The molecule has 0 aliphatic carbocycles. The Morgan fingerprint density at radius 2 is 0.850 bits per heavy atom. The SMILES string of the molecule is Cc1ccc([Si](c2ccc(C)cc2)(c2ccc(C)cc2)c2cc(-c3ccccc3)c(-n3c4ccccc4c4ccc5sc6ccccc6c5c43)c(-c3ccccc3)c2)cc1. The minimum Gasteiger partial charge on any atom is -0.307 e. The number of aryl methyl sites for hydroxylation is 3. The number of rotatable bonds is 7. The van der Waals surface area contributed by atoms with Gasteiger partial charge in [-0.2, -0.15) is 0 Å². The zero-order chi connectivity index (χ0) is 40.4. The molecular weight excluding hydrogens is 759 g/mol. The molecule has 0 spiro atoms. The zero-order valence-corrected chi connectivity index (χ0v) is 35.8. The monoisotopic (exact) mass is 801 g/mol. The molecule has 0 unspecified atom stereocenters. The lowest BCUT2D eigenvalue weighted by molar-refractivity contribution is 1.19. The van der Waals surface area contributed by atoms with Crippen molar-refractivity contribution in [2.45, 2.75) is 20.8 Å². The van der Waals surface area contributed by atoms with Crippen molar-refractivity contribution in [3.8, 4) is 27.9 Å². The fraction of sp³-hybridized carbons (Fsp3) is 0.0526. The fourth-order valence-electron chi connectivity index (χ4n) is 9.68. The van der Waals surface area contributed by atoms with Gasteiger partial charge in [0.25, 0.3) is 0 Å². The predicted octanol–water partition coefficient (Wildman–Crippen LogP) is 12.8. The van der Waals surface area contributed by atoms with Crippen LogP contribution in [0.25, 0.3) is 69.9 Å². The van der Waals surface area contributed by atoms with Crippen molar-refractivity contribution in [3.63, 3.8) is 0 Å². The maximum Gasteiger partial charge on any atom is 0.179 e. The minimum atomic E-state index is -2.99. The summed E-state index contributed by atoms with van der Waals surface area (Å²) >= 11 is 1.89. The molecule has 3 heteroatoms. The molecule has 1 nitrogen and oxygen atoms in total. The van der Waals surface area contributed by atoms with Crippen molar-refractivity contribution >= 4 is 82.1 Å². The topological polar surface area (TPSA) is 4.93 Å². The summed E-state index contributed by atoms with van der Waals surface area (Å²) in [6.07, 6.45) is 0. The number of hydrogen-bond acceptors (Lipinski definition) is 1. The third-order valence-electron chi connectivity index (χ3n) is 12.6. The van der Waals surface area contributed by atoms with Crippen LogP contribution in [0.4, 0.5) is 0 Å². The minimum absolute atomic E-state index is 1.19. The van der Waals surface area contributed by atoms with E-state index < -0.39 is 8.07 Å². The quantitative estimate of drug-likeness (QED) is 0.112. The van der Waals surface area contributed by atoms with Gasteiger partial charge in [-0.15, -0.1) is 11.3 Å². The van der Waals surface area contributed by atoms with Gasteiger partial charge in [0.2, 0.25) is 0 Å². The summed E-state index contributed by atoms with van der Waals surface area (Å²) in [5.74, 6) is 0. The van der Waals surface area contributed by atoms with Gasteiger partial charge < -0.3 is 4.57 Å². The Labute approximate surface area is 356 Å². The van der Waals surface area contributed by atoms with Crippen LogP contribution in [-0.2, 0) is 0 Å². The van der Waals surface area contributed by atoms with Crippen molar-refractivity contribution in [3.05, 3.63) is 223 Å². The first-order valence-corrected chi connectivity index (χ1v) is 23.7. The smallest absolute Gasteiger partial charge is 0.179 e. The number of thiophene rings is 1. The maximum atomic E-state index is 2.62. The van der Waals surface area contributed by atoms with E-state index in [9.17, 15) is 0 Å². The molecule has 0 saturated carbocycles. The van der Waals surface area contributed by atoms with E-state index in [1.54, 1.807) is 0 Å². The summed E-state index contributed by atoms with van der Waals surface area (Å²) in [5, 5.41) is 10.6. The second-order valence-electron chi connectivity index (χ2n) is 16.3. The van der Waals surface area contributed by atoms with Crippen molar-refractivity contribution in [1.82, 2.24) is 4.57 Å². The van der Waals surface area contributed by atoms with Gasteiger partial charge in [-0.25, -0.2) is 0 Å². The van der Waals surface area contributed by atoms with E-state index in [0.29, 0.717) is 0 Å². The number of hydrogen-bond donors (Lipinski definition) is 0. The highest BCUT2D eigenvalue weighted by atomic mass is 32.1. The van der Waals surface area contributed by atoms with Gasteiger partial charge in [0.15, 0.2) is 8.07 Å². The van der Waals surface area contributed by atoms with Gasteiger partial charge >= 0.3 is 0 Å². The molecule has 0 amide bonds. The summed E-state index contributed by atoms with van der Waals surface area (Å²) in [6.45, 7) is 6.58. The van der Waals surface area contributed by atoms with E-state index in [1.807, 2.05) is 11.3 Å². The van der Waals surface area contributed by atoms with Crippen LogP contribution in [0.5, 0.6) is 0 Å². The first kappa shape index (κ1) is 36.3. The van der Waals surface area contributed by atoms with Gasteiger partial charge in [-0.3, -0.25) is 0 Å². The summed E-state index contributed by atoms with van der Waals surface area (Å²) in [7, 11) is -2.99. The summed E-state index contributed by atoms with van der Waals surface area (Å²) in [4.78, 5) is 0. The van der Waals surface area contributed by atoms with Crippen LogP contribution in [0.2, 0.25) is 0 Å². The van der Waals surface area contributed by atoms with Crippen LogP contribution in [0.15, 0.2) is 206 Å². The van der Waals surface area contributed by atoms with E-state index in [0.717, 1.165) is 0 Å². The summed E-state index contributed by atoms with van der Waals surface area (Å²) in [6, 6.07) is 78.3. The number of nitrogens with zero attached hydrogens (tertiary/aromatic N) is 1. The molecule has 2 heterocycles. The highest BCUT2D eigenvalue weighted by molar-refractivity contribution is 7.26. The molecule has 0 saturated heterocycles. The molecule has 0 bridgehead atoms. The molecule has 0 fully saturated rings. The summed E-state index contributed by atoms with van der Waals surface area (Å²) in [5.41, 5.74) is 12.3. The summed E-state index contributed by atoms with van der Waals surface area (Å²) < 4.78 is 5.23. The molecule has 0 radical (unpaired) electrons. The van der Waals surface area contributed by atoms with Gasteiger partial charge in [0.05, 0.1) is 16.7 Å². The molecule has 11 aromatic rings. The Kier molecular flexibility index (Phi) is 8.77. The fourth-order valence-corrected chi connectivity index (χ4v) is 15.5. The maximum absolute atomic E-state index is 2.99. The van der Waals surface area contributed by atoms with E-state index in [-0.39, 0.29) is 0 Å². The second-order valence-corrected chi connectivity index (χ2v) is 21.2. The highest BCUT2D eigenvalue weighted by Crippen LogP contribution is 2.46. The van der Waals surface area contributed by atoms with Gasteiger partial charge in [-0.1, -0.05) is 205 Å². The lowest BCUT2D eigenvalue weighted by Crippen LogP contribution is -2.74. The Morgan fingerprint density at radius 3 is 1.38 bits per heavy atom. The molecular formula is C57H43NSSi. The Balaban J connectivity index is 1.37. The van der Waals surface area contributed by atoms with Crippen molar-refractivity contribution < 1.29 is 0 Å². The number of para-hydroxylation sites is 1. The third kappa shape index (κ3) is 5.72. The van der Waals surface area contributed by atoms with Crippen molar-refractivity contribution in [1.29, 1.82) is 0 Å². The molecule has 0 atom stereocenters. The normalized spacial score (nSPS) is 11.9. The van der Waals surface area contributed by atoms with Crippen LogP contribution < -0.4 is 20.7 Å². The third-order valence-corrected chi connectivity index (χ3v) is 18.5. The van der Waals surface area contributed by atoms with E-state index >= 15 is 0 Å². The van der Waals surface area contributed by atoms with Crippen LogP contribution in [0.1, 0.15) is 16.7 Å². The van der Waals surface area contributed by atoms with Gasteiger partial charge in [-0.05, 0) is 70.8 Å². The van der Waals surface area contributed by atoms with Crippen LogP contribution in [0.3, 0.4) is 0 Å². The van der Waals surface area contributed by atoms with Crippen molar-refractivity contribution in [2.75, 3.05) is 0 Å². The zero-order valence-electron chi connectivity index (χ0n) is 34.0. The van der Waals surface area contributed by atoms with E-state index in [2.05, 4.69) is 232 Å². The van der Waals surface area contributed by atoms with E-state index in [1.165, 1.54) is 107 Å². The molecule has 11 rings (SSSR count). The first-order valence-electron chi connectivity index (χ1n) is 20.8. The molecule has 0 aliphatic rings. The standard InChI is InChI=1S/C57H43NSSi/c1-38-22-28-43(29-23-38)60(44-30-24-39(2)25-31-44,45-32-26-40(3)27-33-45)46-36-50(41-14-6-4-7-15-41)56(51(37-46)42-16-8-5-9-17-42)58-52-20-12-10-18-47(52)48-34-35-54-55(57(48)58)49-19-11-13-21-53(49)59-54/h4-37H,1-3H3. The molecule has 60 heavy (non-hydrogen) atoms.